The second kappa shape index (κ2) is 6.52. The number of halogens is 1. The quantitative estimate of drug-likeness (QED) is 0.784. The molecule has 0 saturated carbocycles. The SMILES string of the molecule is CC1CCNCC1CNC(=O)Nc1cccc(F)c1. The molecule has 1 fully saturated rings. The minimum Gasteiger partial charge on any atom is -0.338 e. The lowest BCUT2D eigenvalue weighted by Gasteiger charge is -2.29. The van der Waals surface area contributed by atoms with E-state index in [1.54, 1.807) is 12.1 Å². The lowest BCUT2D eigenvalue weighted by molar-refractivity contribution is 0.238. The predicted octanol–water partition coefficient (Wildman–Crippen LogP) is 2.19. The first kappa shape index (κ1) is 13.8. The minimum atomic E-state index is -0.358. The normalized spacial score (nSPS) is 22.8. The fourth-order valence-electron chi connectivity index (χ4n) is 2.29. The number of hydrogen-bond donors (Lipinski definition) is 3. The van der Waals surface area contributed by atoms with Crippen LogP contribution in [-0.2, 0) is 0 Å². The van der Waals surface area contributed by atoms with Gasteiger partial charge in [-0.05, 0) is 49.5 Å². The predicted molar refractivity (Wildman–Crippen MR) is 73.6 cm³/mol. The molecule has 0 aliphatic carbocycles. The lowest BCUT2D eigenvalue weighted by atomic mass is 9.88. The van der Waals surface area contributed by atoms with Gasteiger partial charge in [0.2, 0.25) is 0 Å². The second-order valence-electron chi connectivity index (χ2n) is 5.08. The third-order valence-electron chi connectivity index (χ3n) is 3.60. The number of rotatable bonds is 3. The van der Waals surface area contributed by atoms with Gasteiger partial charge in [0.1, 0.15) is 5.82 Å². The number of amides is 2. The van der Waals surface area contributed by atoms with Crippen LogP contribution in [0.2, 0.25) is 0 Å². The van der Waals surface area contributed by atoms with E-state index < -0.39 is 0 Å². The van der Waals surface area contributed by atoms with Gasteiger partial charge in [0.15, 0.2) is 0 Å². The van der Waals surface area contributed by atoms with Crippen LogP contribution in [0.25, 0.3) is 0 Å². The van der Waals surface area contributed by atoms with Gasteiger partial charge in [0, 0.05) is 12.2 Å². The van der Waals surface area contributed by atoms with Crippen LogP contribution in [0.3, 0.4) is 0 Å². The Balaban J connectivity index is 1.78. The number of carbonyl (C=O) groups excluding carboxylic acids is 1. The molecule has 1 heterocycles. The smallest absolute Gasteiger partial charge is 0.319 e. The van der Waals surface area contributed by atoms with Crippen molar-refractivity contribution in [2.75, 3.05) is 25.0 Å². The molecular formula is C14H20FN3O. The van der Waals surface area contributed by atoms with Crippen LogP contribution >= 0.6 is 0 Å². The number of nitrogens with one attached hydrogen (secondary N) is 3. The van der Waals surface area contributed by atoms with Crippen molar-refractivity contribution in [1.82, 2.24) is 10.6 Å². The number of carbonyl (C=O) groups is 1. The molecule has 1 aliphatic heterocycles. The van der Waals surface area contributed by atoms with Crippen molar-refractivity contribution < 1.29 is 9.18 Å². The molecule has 3 N–H and O–H groups in total. The number of piperidine rings is 1. The largest absolute Gasteiger partial charge is 0.338 e. The molecule has 1 aromatic carbocycles. The Morgan fingerprint density at radius 3 is 3.11 bits per heavy atom. The Hall–Kier alpha value is -1.62. The fraction of sp³-hybridized carbons (Fsp3) is 0.500. The number of benzene rings is 1. The van der Waals surface area contributed by atoms with Gasteiger partial charge in [-0.2, -0.15) is 0 Å². The molecule has 0 spiro atoms. The van der Waals surface area contributed by atoms with Crippen molar-refractivity contribution in [2.45, 2.75) is 13.3 Å². The molecule has 2 amide bonds. The highest BCUT2D eigenvalue weighted by Crippen LogP contribution is 2.17. The van der Waals surface area contributed by atoms with E-state index in [1.807, 2.05) is 0 Å². The van der Waals surface area contributed by atoms with Gasteiger partial charge in [-0.3, -0.25) is 0 Å². The maximum Gasteiger partial charge on any atom is 0.319 e. The fourth-order valence-corrected chi connectivity index (χ4v) is 2.29. The van der Waals surface area contributed by atoms with E-state index in [2.05, 4.69) is 22.9 Å². The summed E-state index contributed by atoms with van der Waals surface area (Å²) in [6, 6.07) is 5.58. The zero-order valence-corrected chi connectivity index (χ0v) is 11.1. The van der Waals surface area contributed by atoms with Crippen LogP contribution in [0.5, 0.6) is 0 Å². The topological polar surface area (TPSA) is 53.2 Å². The van der Waals surface area contributed by atoms with Crippen molar-refractivity contribution in [3.63, 3.8) is 0 Å². The van der Waals surface area contributed by atoms with Gasteiger partial charge >= 0.3 is 6.03 Å². The van der Waals surface area contributed by atoms with Crippen molar-refractivity contribution in [3.8, 4) is 0 Å². The zero-order chi connectivity index (χ0) is 13.7. The average Bonchev–Trinajstić information content (AvgIpc) is 2.38. The maximum atomic E-state index is 13.0. The standard InChI is InChI=1S/C14H20FN3O/c1-10-5-6-16-8-11(10)9-17-14(19)18-13-4-2-3-12(15)7-13/h2-4,7,10-11,16H,5-6,8-9H2,1H3,(H2,17,18,19). The number of anilines is 1. The number of urea groups is 1. The summed E-state index contributed by atoms with van der Waals surface area (Å²) in [6.07, 6.45) is 1.14. The highest BCUT2D eigenvalue weighted by molar-refractivity contribution is 5.89. The van der Waals surface area contributed by atoms with Gasteiger partial charge < -0.3 is 16.0 Å². The first-order chi connectivity index (χ1) is 9.15. The molecule has 2 unspecified atom stereocenters. The van der Waals surface area contributed by atoms with E-state index in [1.165, 1.54) is 12.1 Å². The molecule has 1 aliphatic rings. The molecule has 19 heavy (non-hydrogen) atoms. The third kappa shape index (κ3) is 4.21. The van der Waals surface area contributed by atoms with Gasteiger partial charge in [-0.25, -0.2) is 9.18 Å². The average molecular weight is 265 g/mol. The Kier molecular flexibility index (Phi) is 4.74. The molecule has 0 aromatic heterocycles. The lowest BCUT2D eigenvalue weighted by Crippen LogP contribution is -2.43. The summed E-state index contributed by atoms with van der Waals surface area (Å²) in [6.45, 7) is 4.82. The van der Waals surface area contributed by atoms with Crippen LogP contribution in [0.15, 0.2) is 24.3 Å². The second-order valence-corrected chi connectivity index (χ2v) is 5.08. The first-order valence-corrected chi connectivity index (χ1v) is 6.66. The zero-order valence-electron chi connectivity index (χ0n) is 11.1. The minimum absolute atomic E-state index is 0.289. The first-order valence-electron chi connectivity index (χ1n) is 6.66. The molecule has 2 atom stereocenters. The molecule has 5 heteroatoms. The van der Waals surface area contributed by atoms with Gasteiger partial charge in [0.25, 0.3) is 0 Å². The molecule has 0 radical (unpaired) electrons. The van der Waals surface area contributed by atoms with Crippen LogP contribution < -0.4 is 16.0 Å². The molecule has 1 aromatic rings. The molecule has 104 valence electrons. The van der Waals surface area contributed by atoms with Gasteiger partial charge in [-0.1, -0.05) is 13.0 Å². The Morgan fingerprint density at radius 2 is 2.37 bits per heavy atom. The summed E-state index contributed by atoms with van der Waals surface area (Å²) >= 11 is 0. The van der Waals surface area contributed by atoms with Crippen LogP contribution in [0.4, 0.5) is 14.9 Å². The number of hydrogen-bond acceptors (Lipinski definition) is 2. The summed E-state index contributed by atoms with van der Waals surface area (Å²) in [4.78, 5) is 11.7. The Morgan fingerprint density at radius 1 is 1.53 bits per heavy atom. The van der Waals surface area contributed by atoms with Crippen molar-refractivity contribution >= 4 is 11.7 Å². The summed E-state index contributed by atoms with van der Waals surface area (Å²) in [5, 5.41) is 8.79. The van der Waals surface area contributed by atoms with E-state index in [-0.39, 0.29) is 11.8 Å². The Labute approximate surface area is 112 Å². The molecule has 1 saturated heterocycles. The molecule has 0 bridgehead atoms. The van der Waals surface area contributed by atoms with Crippen LogP contribution in [0.1, 0.15) is 13.3 Å². The summed E-state index contributed by atoms with van der Waals surface area (Å²) in [7, 11) is 0. The molecular weight excluding hydrogens is 245 g/mol. The van der Waals surface area contributed by atoms with E-state index in [0.717, 1.165) is 19.5 Å². The van der Waals surface area contributed by atoms with E-state index in [4.69, 9.17) is 0 Å². The molecule has 4 nitrogen and oxygen atoms in total. The summed E-state index contributed by atoms with van der Waals surface area (Å²) in [5.41, 5.74) is 0.465. The summed E-state index contributed by atoms with van der Waals surface area (Å²) in [5.74, 6) is 0.700. The van der Waals surface area contributed by atoms with Crippen LogP contribution in [0, 0.1) is 17.7 Å². The third-order valence-corrected chi connectivity index (χ3v) is 3.60. The van der Waals surface area contributed by atoms with Gasteiger partial charge in [-0.15, -0.1) is 0 Å². The van der Waals surface area contributed by atoms with Crippen molar-refractivity contribution in [1.29, 1.82) is 0 Å². The van der Waals surface area contributed by atoms with E-state index >= 15 is 0 Å². The van der Waals surface area contributed by atoms with Gasteiger partial charge in [0.05, 0.1) is 0 Å². The monoisotopic (exact) mass is 265 g/mol. The molecule has 2 rings (SSSR count). The van der Waals surface area contributed by atoms with Crippen LogP contribution in [-0.4, -0.2) is 25.7 Å². The summed E-state index contributed by atoms with van der Waals surface area (Å²) < 4.78 is 13.0. The van der Waals surface area contributed by atoms with Crippen molar-refractivity contribution in [3.05, 3.63) is 30.1 Å². The highest BCUT2D eigenvalue weighted by atomic mass is 19.1. The maximum absolute atomic E-state index is 13.0. The van der Waals surface area contributed by atoms with E-state index in [9.17, 15) is 9.18 Å². The Bertz CT molecular complexity index is 438. The van der Waals surface area contributed by atoms with E-state index in [0.29, 0.717) is 24.1 Å². The highest BCUT2D eigenvalue weighted by Gasteiger charge is 2.21. The van der Waals surface area contributed by atoms with Crippen molar-refractivity contribution in [2.24, 2.45) is 11.8 Å².